The molecule has 0 saturated heterocycles. The Bertz CT molecular complexity index is 615. The molecule has 2 fully saturated rings. The topological polar surface area (TPSA) is 69.0 Å². The highest BCUT2D eigenvalue weighted by molar-refractivity contribution is 5.79. The largest absolute Gasteiger partial charge is 0.377 e. The smallest absolute Gasteiger partial charge is 0.223 e. The fraction of sp³-hybridized carbons (Fsp3) is 0.842. The van der Waals surface area contributed by atoms with Crippen molar-refractivity contribution in [1.29, 1.82) is 0 Å². The first-order valence-electron chi connectivity index (χ1n) is 9.95. The predicted octanol–water partition coefficient (Wildman–Crippen LogP) is 2.46. The lowest BCUT2D eigenvalue weighted by Gasteiger charge is -2.39. The third-order valence-corrected chi connectivity index (χ3v) is 6.43. The van der Waals surface area contributed by atoms with Gasteiger partial charge in [-0.3, -0.25) is 4.79 Å². The number of nitrogens with one attached hydrogen (secondary N) is 1. The first-order valence-corrected chi connectivity index (χ1v) is 9.95. The number of hydrogen-bond donors (Lipinski definition) is 1. The average molecular weight is 346 g/mol. The molecule has 0 spiro atoms. The molecule has 0 aromatic carbocycles. The zero-order valence-corrected chi connectivity index (χ0v) is 15.2. The molecule has 2 aliphatic carbocycles. The summed E-state index contributed by atoms with van der Waals surface area (Å²) in [4.78, 5) is 17.3. The summed E-state index contributed by atoms with van der Waals surface area (Å²) in [5.41, 5.74) is 0. The van der Waals surface area contributed by atoms with Crippen molar-refractivity contribution >= 4 is 5.91 Å². The van der Waals surface area contributed by atoms with Gasteiger partial charge in [0.15, 0.2) is 5.82 Å². The van der Waals surface area contributed by atoms with Crippen LogP contribution in [-0.4, -0.2) is 33.8 Å². The summed E-state index contributed by atoms with van der Waals surface area (Å²) < 4.78 is 7.06. The molecule has 4 atom stereocenters. The molecule has 1 aliphatic heterocycles. The van der Waals surface area contributed by atoms with E-state index < -0.39 is 0 Å². The van der Waals surface area contributed by atoms with E-state index in [4.69, 9.17) is 4.74 Å². The van der Waals surface area contributed by atoms with Crippen LogP contribution in [0.15, 0.2) is 0 Å². The number of rotatable bonds is 4. The van der Waals surface area contributed by atoms with E-state index >= 15 is 0 Å². The van der Waals surface area contributed by atoms with Gasteiger partial charge in [0.25, 0.3) is 0 Å². The summed E-state index contributed by atoms with van der Waals surface area (Å²) in [7, 11) is 1.66. The number of aryl methyl sites for hydroxylation is 1. The molecule has 6 nitrogen and oxygen atoms in total. The van der Waals surface area contributed by atoms with Crippen LogP contribution in [-0.2, 0) is 29.1 Å². The van der Waals surface area contributed by atoms with Crippen LogP contribution in [0, 0.1) is 17.8 Å². The number of carbonyl (C=O) groups excluding carboxylic acids is 1. The molecule has 6 heteroatoms. The highest BCUT2D eigenvalue weighted by atomic mass is 16.5. The Hall–Kier alpha value is -1.43. The number of ether oxygens (including phenoxy) is 1. The summed E-state index contributed by atoms with van der Waals surface area (Å²) in [6.07, 6.45) is 10.7. The predicted molar refractivity (Wildman–Crippen MR) is 93.8 cm³/mol. The molecule has 4 rings (SSSR count). The Morgan fingerprint density at radius 1 is 1.20 bits per heavy atom. The summed E-state index contributed by atoms with van der Waals surface area (Å²) in [6, 6.07) is 0.182. The molecule has 0 unspecified atom stereocenters. The van der Waals surface area contributed by atoms with Crippen molar-refractivity contribution in [2.75, 3.05) is 7.11 Å². The lowest BCUT2D eigenvalue weighted by molar-refractivity contribution is -0.128. The number of carbonyl (C=O) groups is 1. The van der Waals surface area contributed by atoms with Crippen molar-refractivity contribution in [3.8, 4) is 0 Å². The van der Waals surface area contributed by atoms with Gasteiger partial charge in [-0.05, 0) is 37.5 Å². The molecule has 1 aromatic heterocycles. The van der Waals surface area contributed by atoms with Crippen molar-refractivity contribution < 1.29 is 9.53 Å². The van der Waals surface area contributed by atoms with Crippen LogP contribution in [0.5, 0.6) is 0 Å². The maximum Gasteiger partial charge on any atom is 0.223 e. The monoisotopic (exact) mass is 346 g/mol. The van der Waals surface area contributed by atoms with Gasteiger partial charge < -0.3 is 10.1 Å². The highest BCUT2D eigenvalue weighted by Crippen LogP contribution is 2.42. The lowest BCUT2D eigenvalue weighted by atomic mass is 9.67. The Labute approximate surface area is 149 Å². The van der Waals surface area contributed by atoms with Crippen LogP contribution in [0.1, 0.15) is 63.0 Å². The van der Waals surface area contributed by atoms with Crippen LogP contribution >= 0.6 is 0 Å². The van der Waals surface area contributed by atoms with Crippen molar-refractivity contribution in [3.05, 3.63) is 11.6 Å². The summed E-state index contributed by atoms with van der Waals surface area (Å²) >= 11 is 0. The Kier molecular flexibility index (Phi) is 5.06. The summed E-state index contributed by atoms with van der Waals surface area (Å²) in [5, 5.41) is 7.80. The maximum absolute atomic E-state index is 12.8. The van der Waals surface area contributed by atoms with E-state index in [2.05, 4.69) is 15.4 Å². The van der Waals surface area contributed by atoms with Crippen molar-refractivity contribution in [1.82, 2.24) is 20.1 Å². The van der Waals surface area contributed by atoms with Crippen molar-refractivity contribution in [2.24, 2.45) is 17.8 Å². The summed E-state index contributed by atoms with van der Waals surface area (Å²) in [5.74, 6) is 3.93. The molecular weight excluding hydrogens is 316 g/mol. The van der Waals surface area contributed by atoms with Gasteiger partial charge in [0.2, 0.25) is 5.91 Å². The van der Waals surface area contributed by atoms with Crippen molar-refractivity contribution in [3.63, 3.8) is 0 Å². The molecule has 138 valence electrons. The second-order valence-corrected chi connectivity index (χ2v) is 8.12. The zero-order valence-electron chi connectivity index (χ0n) is 15.2. The van der Waals surface area contributed by atoms with E-state index in [9.17, 15) is 4.79 Å². The molecule has 2 heterocycles. The molecule has 0 radical (unpaired) electrons. The van der Waals surface area contributed by atoms with Gasteiger partial charge in [-0.15, -0.1) is 0 Å². The Morgan fingerprint density at radius 2 is 2.04 bits per heavy atom. The Balaban J connectivity index is 1.32. The number of aromatic nitrogens is 3. The van der Waals surface area contributed by atoms with E-state index in [0.29, 0.717) is 6.61 Å². The fourth-order valence-electron chi connectivity index (χ4n) is 5.10. The van der Waals surface area contributed by atoms with Gasteiger partial charge in [-0.2, -0.15) is 5.10 Å². The lowest BCUT2D eigenvalue weighted by Crippen LogP contribution is -2.45. The normalized spacial score (nSPS) is 31.9. The standard InChI is InChI=1S/C19H30N4O2/c1-25-12-17-21-18-9-8-16(11-23(18)22-17)20-19(24)15-7-6-13-4-2-3-5-14(13)10-15/h13-16H,2-12H2,1H3,(H,20,24)/t13-,14+,15-,16-/m1/s1. The number of amides is 1. The molecule has 2 saturated carbocycles. The SMILES string of the molecule is COCc1nc2n(n1)C[C@H](NC(=O)[C@@H]1CC[C@H]3CCCC[C@H]3C1)CC2. The molecule has 1 aromatic rings. The minimum Gasteiger partial charge on any atom is -0.377 e. The van der Waals surface area contributed by atoms with Crippen LogP contribution in [0.25, 0.3) is 0 Å². The number of nitrogens with zero attached hydrogens (tertiary/aromatic N) is 3. The quantitative estimate of drug-likeness (QED) is 0.909. The van der Waals surface area contributed by atoms with Gasteiger partial charge in [0.05, 0.1) is 6.54 Å². The average Bonchev–Trinajstić information content (AvgIpc) is 3.03. The number of hydrogen-bond acceptors (Lipinski definition) is 4. The van der Waals surface area contributed by atoms with Gasteiger partial charge in [-0.1, -0.05) is 25.7 Å². The van der Waals surface area contributed by atoms with E-state index in [1.807, 2.05) is 4.68 Å². The second kappa shape index (κ2) is 7.44. The van der Waals surface area contributed by atoms with Gasteiger partial charge >= 0.3 is 0 Å². The van der Waals surface area contributed by atoms with E-state index in [0.717, 1.165) is 55.7 Å². The van der Waals surface area contributed by atoms with Crippen LogP contribution in [0.2, 0.25) is 0 Å². The minimum absolute atomic E-state index is 0.182. The third kappa shape index (κ3) is 3.73. The molecule has 25 heavy (non-hydrogen) atoms. The summed E-state index contributed by atoms with van der Waals surface area (Å²) in [6.45, 7) is 1.18. The first kappa shape index (κ1) is 17.0. The van der Waals surface area contributed by atoms with Gasteiger partial charge in [0, 0.05) is 25.5 Å². The highest BCUT2D eigenvalue weighted by Gasteiger charge is 2.35. The minimum atomic E-state index is 0.182. The van der Waals surface area contributed by atoms with Crippen LogP contribution in [0.3, 0.4) is 0 Å². The zero-order chi connectivity index (χ0) is 17.2. The second-order valence-electron chi connectivity index (χ2n) is 8.12. The van der Waals surface area contributed by atoms with E-state index in [1.165, 1.54) is 32.1 Å². The number of fused-ring (bicyclic) bond motifs is 2. The molecule has 1 N–H and O–H groups in total. The van der Waals surface area contributed by atoms with Crippen LogP contribution in [0.4, 0.5) is 0 Å². The van der Waals surface area contributed by atoms with E-state index in [-0.39, 0.29) is 17.9 Å². The number of methoxy groups -OCH3 is 1. The third-order valence-electron chi connectivity index (χ3n) is 6.43. The van der Waals surface area contributed by atoms with E-state index in [1.54, 1.807) is 7.11 Å². The van der Waals surface area contributed by atoms with Gasteiger partial charge in [0.1, 0.15) is 12.4 Å². The van der Waals surface area contributed by atoms with Gasteiger partial charge in [-0.25, -0.2) is 9.67 Å². The van der Waals surface area contributed by atoms with Crippen LogP contribution < -0.4 is 5.32 Å². The fourth-order valence-corrected chi connectivity index (χ4v) is 5.10. The molecule has 3 aliphatic rings. The molecule has 1 amide bonds. The first-order chi connectivity index (χ1) is 12.2. The molecule has 0 bridgehead atoms. The van der Waals surface area contributed by atoms with Crippen molar-refractivity contribution in [2.45, 2.75) is 77.0 Å². The molecular formula is C19H30N4O2. The Morgan fingerprint density at radius 3 is 2.88 bits per heavy atom. The maximum atomic E-state index is 12.8.